The fraction of sp³-hybridized carbons (Fsp3) is 0.556. The van der Waals surface area contributed by atoms with Gasteiger partial charge in [-0.25, -0.2) is 0 Å². The van der Waals surface area contributed by atoms with E-state index in [1.54, 1.807) is 10.9 Å². The van der Waals surface area contributed by atoms with E-state index < -0.39 is 0 Å². The first kappa shape index (κ1) is 10.7. The number of aryl methyl sites for hydroxylation is 1. The van der Waals surface area contributed by atoms with Crippen molar-refractivity contribution in [3.63, 3.8) is 0 Å². The minimum Gasteiger partial charge on any atom is -0.469 e. The summed E-state index contributed by atoms with van der Waals surface area (Å²) in [5.41, 5.74) is 6.80. The summed E-state index contributed by atoms with van der Waals surface area (Å²) in [7, 11) is 3.20. The van der Waals surface area contributed by atoms with Gasteiger partial charge in [-0.3, -0.25) is 9.48 Å². The van der Waals surface area contributed by atoms with Crippen LogP contribution in [-0.2, 0) is 16.6 Å². The predicted octanol–water partition coefficient (Wildman–Crippen LogP) is 0.373. The summed E-state index contributed by atoms with van der Waals surface area (Å²) >= 11 is 0. The number of carbonyl (C=O) groups excluding carboxylic acids is 1. The molecule has 0 aliphatic rings. The average Bonchev–Trinajstić information content (AvgIpc) is 2.60. The molecular formula is C9H15N3O2. The third kappa shape index (κ3) is 2.56. The van der Waals surface area contributed by atoms with E-state index in [0.29, 0.717) is 12.8 Å². The molecule has 14 heavy (non-hydrogen) atoms. The molecule has 5 nitrogen and oxygen atoms in total. The largest absolute Gasteiger partial charge is 0.469 e. The molecule has 0 aliphatic carbocycles. The van der Waals surface area contributed by atoms with Gasteiger partial charge in [0.1, 0.15) is 0 Å². The molecule has 0 fully saturated rings. The Morgan fingerprint density at radius 3 is 3.00 bits per heavy atom. The van der Waals surface area contributed by atoms with Crippen LogP contribution in [0.3, 0.4) is 0 Å². The molecule has 1 heterocycles. The molecule has 1 atom stereocenters. The Morgan fingerprint density at radius 1 is 1.79 bits per heavy atom. The topological polar surface area (TPSA) is 70.1 Å². The average molecular weight is 197 g/mol. The number of hydrogen-bond donors (Lipinski definition) is 1. The van der Waals surface area contributed by atoms with Gasteiger partial charge in [0, 0.05) is 25.7 Å². The van der Waals surface area contributed by atoms with E-state index in [2.05, 4.69) is 9.84 Å². The Hall–Kier alpha value is -1.36. The van der Waals surface area contributed by atoms with E-state index in [9.17, 15) is 4.79 Å². The maximum Gasteiger partial charge on any atom is 0.305 e. The summed E-state index contributed by atoms with van der Waals surface area (Å²) in [4.78, 5) is 10.9. The van der Waals surface area contributed by atoms with Crippen molar-refractivity contribution >= 4 is 5.97 Å². The number of ether oxygens (including phenoxy) is 1. The molecule has 0 amide bonds. The third-order valence-corrected chi connectivity index (χ3v) is 2.13. The molecule has 0 saturated heterocycles. The highest BCUT2D eigenvalue weighted by atomic mass is 16.5. The molecule has 0 aliphatic heterocycles. The summed E-state index contributed by atoms with van der Waals surface area (Å²) < 4.78 is 6.24. The van der Waals surface area contributed by atoms with Crippen LogP contribution in [0.2, 0.25) is 0 Å². The first-order valence-corrected chi connectivity index (χ1v) is 4.45. The van der Waals surface area contributed by atoms with Crippen molar-refractivity contribution in [2.45, 2.75) is 18.9 Å². The van der Waals surface area contributed by atoms with Crippen molar-refractivity contribution in [1.82, 2.24) is 9.78 Å². The van der Waals surface area contributed by atoms with Crippen LogP contribution in [0.4, 0.5) is 0 Å². The van der Waals surface area contributed by atoms with Gasteiger partial charge in [-0.1, -0.05) is 0 Å². The van der Waals surface area contributed by atoms with E-state index in [1.165, 1.54) is 7.11 Å². The minimum atomic E-state index is -0.234. The van der Waals surface area contributed by atoms with E-state index >= 15 is 0 Å². The zero-order valence-electron chi connectivity index (χ0n) is 8.43. The zero-order valence-corrected chi connectivity index (χ0v) is 8.43. The van der Waals surface area contributed by atoms with Gasteiger partial charge >= 0.3 is 5.97 Å². The van der Waals surface area contributed by atoms with Crippen molar-refractivity contribution in [3.8, 4) is 0 Å². The number of carbonyl (C=O) groups is 1. The molecule has 78 valence electrons. The van der Waals surface area contributed by atoms with Crippen molar-refractivity contribution < 1.29 is 9.53 Å². The molecule has 1 unspecified atom stereocenters. The normalized spacial score (nSPS) is 12.5. The highest BCUT2D eigenvalue weighted by Crippen LogP contribution is 2.14. The number of nitrogens with zero attached hydrogens (tertiary/aromatic N) is 2. The first-order valence-electron chi connectivity index (χ1n) is 4.45. The second-order valence-corrected chi connectivity index (χ2v) is 3.10. The number of methoxy groups -OCH3 is 1. The molecule has 0 aromatic carbocycles. The lowest BCUT2D eigenvalue weighted by molar-refractivity contribution is -0.140. The number of aromatic nitrogens is 2. The van der Waals surface area contributed by atoms with Gasteiger partial charge in [0.15, 0.2) is 0 Å². The lowest BCUT2D eigenvalue weighted by Crippen LogP contribution is -2.16. The highest BCUT2D eigenvalue weighted by Gasteiger charge is 2.11. The molecule has 1 rings (SSSR count). The van der Waals surface area contributed by atoms with Crippen molar-refractivity contribution in [2.75, 3.05) is 7.11 Å². The van der Waals surface area contributed by atoms with Crippen molar-refractivity contribution in [2.24, 2.45) is 12.8 Å². The highest BCUT2D eigenvalue weighted by molar-refractivity contribution is 5.69. The van der Waals surface area contributed by atoms with E-state index in [-0.39, 0.29) is 12.0 Å². The van der Waals surface area contributed by atoms with Gasteiger partial charge in [0.25, 0.3) is 0 Å². The molecule has 0 spiro atoms. The Morgan fingerprint density at radius 2 is 2.50 bits per heavy atom. The molecule has 1 aromatic heterocycles. The predicted molar refractivity (Wildman–Crippen MR) is 51.4 cm³/mol. The van der Waals surface area contributed by atoms with Gasteiger partial charge < -0.3 is 10.5 Å². The summed E-state index contributed by atoms with van der Waals surface area (Å²) in [6, 6.07) is 1.68. The molecule has 0 bridgehead atoms. The van der Waals surface area contributed by atoms with Gasteiger partial charge in [-0.15, -0.1) is 0 Å². The van der Waals surface area contributed by atoms with Crippen LogP contribution in [-0.4, -0.2) is 22.9 Å². The van der Waals surface area contributed by atoms with Gasteiger partial charge in [0.2, 0.25) is 0 Å². The number of rotatable bonds is 4. The van der Waals surface area contributed by atoms with Gasteiger partial charge in [0.05, 0.1) is 12.8 Å². The Balaban J connectivity index is 2.47. The standard InChI is InChI=1S/C9H15N3O2/c1-12-8(5-6-11-12)7(10)3-4-9(13)14-2/h5-7H,3-4,10H2,1-2H3. The maximum atomic E-state index is 10.9. The molecular weight excluding hydrogens is 182 g/mol. The molecule has 1 aromatic rings. The first-order chi connectivity index (χ1) is 6.65. The van der Waals surface area contributed by atoms with Gasteiger partial charge in [-0.05, 0) is 12.5 Å². The van der Waals surface area contributed by atoms with Crippen LogP contribution < -0.4 is 5.73 Å². The molecule has 5 heteroatoms. The number of hydrogen-bond acceptors (Lipinski definition) is 4. The van der Waals surface area contributed by atoms with E-state index in [0.717, 1.165) is 5.69 Å². The van der Waals surface area contributed by atoms with E-state index in [4.69, 9.17) is 5.73 Å². The number of nitrogens with two attached hydrogens (primary N) is 1. The van der Waals surface area contributed by atoms with Crippen LogP contribution in [0.25, 0.3) is 0 Å². The van der Waals surface area contributed by atoms with E-state index in [1.807, 2.05) is 13.1 Å². The van der Waals surface area contributed by atoms with Gasteiger partial charge in [-0.2, -0.15) is 5.10 Å². The molecule has 0 saturated carbocycles. The maximum absolute atomic E-state index is 10.9. The molecule has 2 N–H and O–H groups in total. The van der Waals surface area contributed by atoms with Crippen LogP contribution in [0.1, 0.15) is 24.6 Å². The Labute approximate surface area is 82.8 Å². The summed E-state index contributed by atoms with van der Waals surface area (Å²) in [5.74, 6) is -0.234. The monoisotopic (exact) mass is 197 g/mol. The lowest BCUT2D eigenvalue weighted by atomic mass is 10.1. The molecule has 0 radical (unpaired) electrons. The summed E-state index contributed by atoms with van der Waals surface area (Å²) in [6.07, 6.45) is 2.60. The van der Waals surface area contributed by atoms with Crippen LogP contribution in [0, 0.1) is 0 Å². The second kappa shape index (κ2) is 4.76. The SMILES string of the molecule is COC(=O)CCC(N)c1ccnn1C. The summed E-state index contributed by atoms with van der Waals surface area (Å²) in [6.45, 7) is 0. The van der Waals surface area contributed by atoms with Crippen molar-refractivity contribution in [3.05, 3.63) is 18.0 Å². The zero-order chi connectivity index (χ0) is 10.6. The quantitative estimate of drug-likeness (QED) is 0.708. The fourth-order valence-electron chi connectivity index (χ4n) is 1.27. The second-order valence-electron chi connectivity index (χ2n) is 3.10. The fourth-order valence-corrected chi connectivity index (χ4v) is 1.27. The third-order valence-electron chi connectivity index (χ3n) is 2.13. The van der Waals surface area contributed by atoms with Crippen LogP contribution in [0.15, 0.2) is 12.3 Å². The van der Waals surface area contributed by atoms with Crippen LogP contribution in [0.5, 0.6) is 0 Å². The number of esters is 1. The minimum absolute atomic E-state index is 0.165. The van der Waals surface area contributed by atoms with Crippen molar-refractivity contribution in [1.29, 1.82) is 0 Å². The van der Waals surface area contributed by atoms with Crippen LogP contribution >= 0.6 is 0 Å². The lowest BCUT2D eigenvalue weighted by Gasteiger charge is -2.10. The summed E-state index contributed by atoms with van der Waals surface area (Å²) in [5, 5.41) is 4.01. The smallest absolute Gasteiger partial charge is 0.305 e. The Bertz CT molecular complexity index is 309. The Kier molecular flexibility index (Phi) is 3.64.